The third kappa shape index (κ3) is 4.16. The Hall–Kier alpha value is -3.15. The molecule has 3 aromatic rings. The van der Waals surface area contributed by atoms with Gasteiger partial charge in [-0.25, -0.2) is 8.42 Å². The third-order valence-corrected chi connectivity index (χ3v) is 6.70. The predicted molar refractivity (Wildman–Crippen MR) is 108 cm³/mol. The lowest BCUT2D eigenvalue weighted by Crippen LogP contribution is -2.40. The number of benzene rings is 2. The van der Waals surface area contributed by atoms with E-state index in [0.29, 0.717) is 11.3 Å². The zero-order valence-electron chi connectivity index (χ0n) is 16.4. The average molecular weight is 411 g/mol. The topological polar surface area (TPSA) is 94.6 Å². The van der Waals surface area contributed by atoms with Crippen LogP contribution in [0.5, 0.6) is 0 Å². The van der Waals surface area contributed by atoms with Crippen LogP contribution in [-0.2, 0) is 14.8 Å². The second-order valence-electron chi connectivity index (χ2n) is 6.76. The molecule has 29 heavy (non-hydrogen) atoms. The SMILES string of the molecule is CC(c1cc2ccccc2o1)N(C)C(=O)CN(C)S(=O)(=O)c1ccc(C#N)cc1. The fraction of sp³-hybridized carbons (Fsp3) is 0.238. The molecule has 1 atom stereocenters. The van der Waals surface area contributed by atoms with Crippen LogP contribution in [0, 0.1) is 11.3 Å². The first-order valence-electron chi connectivity index (χ1n) is 8.94. The summed E-state index contributed by atoms with van der Waals surface area (Å²) in [6, 6.07) is 16.6. The zero-order chi connectivity index (χ0) is 21.2. The summed E-state index contributed by atoms with van der Waals surface area (Å²) in [5.41, 5.74) is 1.10. The van der Waals surface area contributed by atoms with Crippen molar-refractivity contribution in [2.75, 3.05) is 20.6 Å². The molecule has 1 unspecified atom stereocenters. The first kappa shape index (κ1) is 20.6. The number of furan rings is 1. The Bertz CT molecular complexity index is 1140. The second kappa shape index (κ2) is 8.07. The molecule has 8 heteroatoms. The van der Waals surface area contributed by atoms with Crippen molar-refractivity contribution in [3.8, 4) is 6.07 Å². The maximum Gasteiger partial charge on any atom is 0.243 e. The van der Waals surface area contributed by atoms with E-state index in [1.807, 2.05) is 43.3 Å². The first-order chi connectivity index (χ1) is 13.7. The molecule has 1 amide bonds. The van der Waals surface area contributed by atoms with Gasteiger partial charge >= 0.3 is 0 Å². The minimum Gasteiger partial charge on any atom is -0.459 e. The number of carbonyl (C=O) groups excluding carboxylic acids is 1. The molecule has 0 saturated heterocycles. The van der Waals surface area contributed by atoms with Gasteiger partial charge in [-0.3, -0.25) is 4.79 Å². The largest absolute Gasteiger partial charge is 0.459 e. The highest BCUT2D eigenvalue weighted by atomic mass is 32.2. The Kier molecular flexibility index (Phi) is 5.73. The maximum absolute atomic E-state index is 12.7. The molecule has 1 heterocycles. The van der Waals surface area contributed by atoms with E-state index < -0.39 is 10.0 Å². The molecular formula is C21H21N3O4S. The maximum atomic E-state index is 12.7. The van der Waals surface area contributed by atoms with E-state index in [1.54, 1.807) is 7.05 Å². The van der Waals surface area contributed by atoms with Crippen molar-refractivity contribution >= 4 is 26.9 Å². The number of nitrogens with zero attached hydrogens (tertiary/aromatic N) is 3. The molecular weight excluding hydrogens is 390 g/mol. The molecule has 3 rings (SSSR count). The molecule has 1 aromatic heterocycles. The highest BCUT2D eigenvalue weighted by Gasteiger charge is 2.27. The van der Waals surface area contributed by atoms with Crippen molar-refractivity contribution in [2.24, 2.45) is 0 Å². The van der Waals surface area contributed by atoms with E-state index in [-0.39, 0.29) is 23.4 Å². The first-order valence-corrected chi connectivity index (χ1v) is 10.4. The molecule has 7 nitrogen and oxygen atoms in total. The average Bonchev–Trinajstić information content (AvgIpc) is 3.16. The van der Waals surface area contributed by atoms with Gasteiger partial charge in [-0.2, -0.15) is 9.57 Å². The fourth-order valence-electron chi connectivity index (χ4n) is 2.88. The molecule has 0 fully saturated rings. The predicted octanol–water partition coefficient (Wildman–Crippen LogP) is 3.14. The Morgan fingerprint density at radius 2 is 1.79 bits per heavy atom. The minimum absolute atomic E-state index is 0.0276. The van der Waals surface area contributed by atoms with E-state index in [1.165, 1.54) is 36.2 Å². The molecule has 0 bridgehead atoms. The molecule has 0 aliphatic rings. The van der Waals surface area contributed by atoms with Crippen molar-refractivity contribution in [1.82, 2.24) is 9.21 Å². The Labute approximate surface area is 169 Å². The summed E-state index contributed by atoms with van der Waals surface area (Å²) < 4.78 is 32.2. The number of carbonyl (C=O) groups is 1. The van der Waals surface area contributed by atoms with E-state index >= 15 is 0 Å². The van der Waals surface area contributed by atoms with Gasteiger partial charge in [0.05, 0.1) is 29.1 Å². The number of nitriles is 1. The van der Waals surface area contributed by atoms with Gasteiger partial charge in [-0.05, 0) is 43.3 Å². The van der Waals surface area contributed by atoms with Gasteiger partial charge in [0.25, 0.3) is 0 Å². The Balaban J connectivity index is 1.72. The van der Waals surface area contributed by atoms with Crippen LogP contribution in [0.15, 0.2) is 63.9 Å². The van der Waals surface area contributed by atoms with Gasteiger partial charge in [0.1, 0.15) is 11.3 Å². The van der Waals surface area contributed by atoms with Gasteiger partial charge in [-0.15, -0.1) is 0 Å². The van der Waals surface area contributed by atoms with Crippen LogP contribution < -0.4 is 0 Å². The third-order valence-electron chi connectivity index (χ3n) is 4.88. The molecule has 0 spiro atoms. The lowest BCUT2D eigenvalue weighted by Gasteiger charge is -2.26. The van der Waals surface area contributed by atoms with Crippen LogP contribution in [0.3, 0.4) is 0 Å². The van der Waals surface area contributed by atoms with Crippen molar-refractivity contribution in [3.63, 3.8) is 0 Å². The summed E-state index contributed by atoms with van der Waals surface area (Å²) in [4.78, 5) is 14.2. The molecule has 0 N–H and O–H groups in total. The number of sulfonamides is 1. The number of fused-ring (bicyclic) bond motifs is 1. The summed E-state index contributed by atoms with van der Waals surface area (Å²) in [7, 11) is -0.885. The van der Waals surface area contributed by atoms with Crippen molar-refractivity contribution in [2.45, 2.75) is 17.9 Å². The summed E-state index contributed by atoms with van der Waals surface area (Å²) >= 11 is 0. The van der Waals surface area contributed by atoms with E-state index in [2.05, 4.69) is 0 Å². The van der Waals surface area contributed by atoms with Crippen LogP contribution in [0.2, 0.25) is 0 Å². The molecule has 0 saturated carbocycles. The second-order valence-corrected chi connectivity index (χ2v) is 8.81. The van der Waals surface area contributed by atoms with Crippen molar-refractivity contribution in [1.29, 1.82) is 5.26 Å². The summed E-state index contributed by atoms with van der Waals surface area (Å²) in [5.74, 6) is 0.261. The molecule has 0 aliphatic heterocycles. The van der Waals surface area contributed by atoms with Crippen LogP contribution in [-0.4, -0.2) is 44.2 Å². The number of amides is 1. The monoisotopic (exact) mass is 411 g/mol. The number of likely N-dealkylation sites (N-methyl/N-ethyl adjacent to an activating group) is 2. The van der Waals surface area contributed by atoms with Gasteiger partial charge in [0.2, 0.25) is 15.9 Å². The Morgan fingerprint density at radius 3 is 2.41 bits per heavy atom. The van der Waals surface area contributed by atoms with Crippen LogP contribution in [0.1, 0.15) is 24.3 Å². The lowest BCUT2D eigenvalue weighted by molar-refractivity contribution is -0.132. The van der Waals surface area contributed by atoms with Gasteiger partial charge in [0.15, 0.2) is 0 Å². The van der Waals surface area contributed by atoms with Gasteiger partial charge in [-0.1, -0.05) is 18.2 Å². The molecule has 0 aliphatic carbocycles. The highest BCUT2D eigenvalue weighted by Crippen LogP contribution is 2.27. The molecule has 2 aromatic carbocycles. The van der Waals surface area contributed by atoms with E-state index in [9.17, 15) is 13.2 Å². The summed E-state index contributed by atoms with van der Waals surface area (Å²) in [6.45, 7) is 1.51. The van der Waals surface area contributed by atoms with Crippen molar-refractivity contribution < 1.29 is 17.6 Å². The number of rotatable bonds is 6. The quantitative estimate of drug-likeness (QED) is 0.621. The highest BCUT2D eigenvalue weighted by molar-refractivity contribution is 7.89. The normalized spacial score (nSPS) is 12.7. The number of para-hydroxylation sites is 1. The van der Waals surface area contributed by atoms with Crippen LogP contribution in [0.4, 0.5) is 0 Å². The zero-order valence-corrected chi connectivity index (χ0v) is 17.2. The van der Waals surface area contributed by atoms with Gasteiger partial charge < -0.3 is 9.32 Å². The minimum atomic E-state index is -3.85. The molecule has 150 valence electrons. The van der Waals surface area contributed by atoms with Gasteiger partial charge in [0, 0.05) is 19.5 Å². The summed E-state index contributed by atoms with van der Waals surface area (Å²) in [5, 5.41) is 9.79. The van der Waals surface area contributed by atoms with Crippen molar-refractivity contribution in [3.05, 3.63) is 65.9 Å². The smallest absolute Gasteiger partial charge is 0.243 e. The Morgan fingerprint density at radius 1 is 1.14 bits per heavy atom. The van der Waals surface area contributed by atoms with E-state index in [0.717, 1.165) is 15.3 Å². The van der Waals surface area contributed by atoms with Crippen LogP contribution >= 0.6 is 0 Å². The lowest BCUT2D eigenvalue weighted by atomic mass is 10.2. The fourth-order valence-corrected chi connectivity index (χ4v) is 4.00. The summed E-state index contributed by atoms with van der Waals surface area (Å²) in [6.07, 6.45) is 0. The van der Waals surface area contributed by atoms with E-state index in [4.69, 9.17) is 9.68 Å². The molecule has 0 radical (unpaired) electrons. The van der Waals surface area contributed by atoms with Crippen LogP contribution in [0.25, 0.3) is 11.0 Å². The number of hydrogen-bond acceptors (Lipinski definition) is 5. The standard InChI is InChI=1S/C21H21N3O4S/c1-15(20-12-17-6-4-5-7-19(17)28-20)24(3)21(25)14-23(2)29(26,27)18-10-8-16(13-22)9-11-18/h4-12,15H,14H2,1-3H3. The number of hydrogen-bond donors (Lipinski definition) is 0.